The summed E-state index contributed by atoms with van der Waals surface area (Å²) in [6, 6.07) is 6.04. The Balaban J connectivity index is 1.59. The number of hydrogen-bond donors (Lipinski definition) is 0. The number of carbonyl (C=O) groups excluding carboxylic acids is 2. The number of amides is 1. The Morgan fingerprint density at radius 1 is 1.15 bits per heavy atom. The number of piperidine rings is 1. The molecule has 0 saturated carbocycles. The Bertz CT molecular complexity index is 668. The lowest BCUT2D eigenvalue weighted by Crippen LogP contribution is -2.60. The van der Waals surface area contributed by atoms with Gasteiger partial charge in [0.05, 0.1) is 25.3 Å². The Morgan fingerprint density at radius 2 is 1.74 bits per heavy atom. The van der Waals surface area contributed by atoms with Crippen molar-refractivity contribution in [3.63, 3.8) is 0 Å². The average molecular weight is 377 g/mol. The van der Waals surface area contributed by atoms with E-state index in [1.807, 2.05) is 20.8 Å². The third-order valence-electron chi connectivity index (χ3n) is 5.15. The fourth-order valence-electron chi connectivity index (χ4n) is 3.91. The number of Topliss-reactive ketones (excluding diaryl/α,β-unsaturated/α-hetero) is 1. The number of rotatable bonds is 4. The molecule has 2 heterocycles. The topological polar surface area (TPSA) is 55.8 Å². The van der Waals surface area contributed by atoms with Gasteiger partial charge < -0.3 is 9.47 Å². The van der Waals surface area contributed by atoms with Crippen LogP contribution in [0.15, 0.2) is 24.3 Å². The maximum Gasteiger partial charge on any atom is 0.410 e. The van der Waals surface area contributed by atoms with Gasteiger partial charge in [0.15, 0.2) is 0 Å². The van der Waals surface area contributed by atoms with E-state index in [2.05, 4.69) is 0 Å². The lowest BCUT2D eigenvalue weighted by molar-refractivity contribution is -0.132. The SMILES string of the molecule is CC(C)(C)OC(=O)N1C2COCC1CC(C(=O)CCc1ccc(F)cc1)C2. The third kappa shape index (κ3) is 5.06. The number of benzene rings is 1. The van der Waals surface area contributed by atoms with Crippen molar-refractivity contribution in [1.29, 1.82) is 0 Å². The van der Waals surface area contributed by atoms with Gasteiger partial charge in [-0.05, 0) is 57.7 Å². The number of aryl methyl sites for hydroxylation is 1. The number of ether oxygens (including phenoxy) is 2. The number of fused-ring (bicyclic) bond motifs is 2. The highest BCUT2D eigenvalue weighted by Gasteiger charge is 2.44. The minimum atomic E-state index is -0.548. The summed E-state index contributed by atoms with van der Waals surface area (Å²) in [5.74, 6) is -0.129. The Hall–Kier alpha value is -1.95. The second-order valence-corrected chi connectivity index (χ2v) is 8.49. The summed E-state index contributed by atoms with van der Waals surface area (Å²) in [6.45, 7) is 6.43. The van der Waals surface area contributed by atoms with Gasteiger partial charge in [-0.25, -0.2) is 9.18 Å². The fourth-order valence-corrected chi connectivity index (χ4v) is 3.91. The third-order valence-corrected chi connectivity index (χ3v) is 5.15. The Morgan fingerprint density at radius 3 is 2.30 bits per heavy atom. The van der Waals surface area contributed by atoms with Crippen molar-refractivity contribution < 1.29 is 23.5 Å². The predicted octanol–water partition coefficient (Wildman–Crippen LogP) is 3.74. The molecule has 0 spiro atoms. The van der Waals surface area contributed by atoms with Crippen LogP contribution < -0.4 is 0 Å². The molecule has 3 rings (SSSR count). The molecule has 2 atom stereocenters. The highest BCUT2D eigenvalue weighted by atomic mass is 19.1. The van der Waals surface area contributed by atoms with Crippen LogP contribution in [-0.4, -0.2) is 47.7 Å². The number of carbonyl (C=O) groups is 2. The molecule has 148 valence electrons. The van der Waals surface area contributed by atoms with Crippen LogP contribution >= 0.6 is 0 Å². The molecule has 2 saturated heterocycles. The smallest absolute Gasteiger partial charge is 0.410 e. The van der Waals surface area contributed by atoms with Crippen molar-refractivity contribution in [1.82, 2.24) is 4.90 Å². The molecule has 0 aromatic heterocycles. The summed E-state index contributed by atoms with van der Waals surface area (Å²) in [5, 5.41) is 0. The zero-order chi connectivity index (χ0) is 19.6. The number of halogens is 1. The second kappa shape index (κ2) is 7.97. The summed E-state index contributed by atoms with van der Waals surface area (Å²) >= 11 is 0. The fraction of sp³-hybridized carbons (Fsp3) is 0.619. The molecule has 1 amide bonds. The number of nitrogens with zero attached hydrogens (tertiary/aromatic N) is 1. The number of ketones is 1. The standard InChI is InChI=1S/C21H28FNO4/c1-21(2,3)27-20(25)23-17-10-15(11-18(23)13-26-12-17)19(24)9-6-14-4-7-16(22)8-5-14/h4-5,7-8,15,17-18H,6,9-13H2,1-3H3. The van der Waals surface area contributed by atoms with E-state index in [0.29, 0.717) is 38.9 Å². The highest BCUT2D eigenvalue weighted by Crippen LogP contribution is 2.34. The van der Waals surface area contributed by atoms with Crippen LogP contribution in [-0.2, 0) is 20.7 Å². The molecule has 1 aromatic rings. The zero-order valence-corrected chi connectivity index (χ0v) is 16.2. The van der Waals surface area contributed by atoms with Crippen molar-refractivity contribution >= 4 is 11.9 Å². The van der Waals surface area contributed by atoms with E-state index < -0.39 is 5.60 Å². The predicted molar refractivity (Wildman–Crippen MR) is 98.9 cm³/mol. The molecule has 0 aliphatic carbocycles. The molecule has 27 heavy (non-hydrogen) atoms. The van der Waals surface area contributed by atoms with Crippen molar-refractivity contribution in [3.05, 3.63) is 35.6 Å². The van der Waals surface area contributed by atoms with Gasteiger partial charge in [-0.2, -0.15) is 0 Å². The maximum absolute atomic E-state index is 13.0. The lowest BCUT2D eigenvalue weighted by Gasteiger charge is -2.47. The molecule has 0 N–H and O–H groups in total. The zero-order valence-electron chi connectivity index (χ0n) is 16.2. The van der Waals surface area contributed by atoms with Crippen molar-refractivity contribution in [2.45, 2.75) is 64.1 Å². The average Bonchev–Trinajstić information content (AvgIpc) is 2.58. The largest absolute Gasteiger partial charge is 0.444 e. The first-order valence-electron chi connectivity index (χ1n) is 9.59. The van der Waals surface area contributed by atoms with Gasteiger partial charge in [0.1, 0.15) is 17.2 Å². The molecule has 2 fully saturated rings. The first-order valence-corrected chi connectivity index (χ1v) is 9.59. The number of morpholine rings is 1. The molecule has 2 aliphatic heterocycles. The van der Waals surface area contributed by atoms with Crippen LogP contribution in [0.2, 0.25) is 0 Å². The second-order valence-electron chi connectivity index (χ2n) is 8.49. The van der Waals surface area contributed by atoms with E-state index in [-0.39, 0.29) is 35.7 Å². The van der Waals surface area contributed by atoms with Gasteiger partial charge in [0.2, 0.25) is 0 Å². The van der Waals surface area contributed by atoms with Gasteiger partial charge in [-0.1, -0.05) is 12.1 Å². The van der Waals surface area contributed by atoms with Crippen LogP contribution in [0.1, 0.15) is 45.6 Å². The molecule has 2 aliphatic rings. The monoisotopic (exact) mass is 377 g/mol. The Labute approximate surface area is 159 Å². The van der Waals surface area contributed by atoms with Crippen LogP contribution in [0.4, 0.5) is 9.18 Å². The van der Waals surface area contributed by atoms with E-state index in [1.165, 1.54) is 12.1 Å². The van der Waals surface area contributed by atoms with Crippen LogP contribution in [0, 0.1) is 11.7 Å². The van der Waals surface area contributed by atoms with Crippen molar-refractivity contribution in [2.24, 2.45) is 5.92 Å². The van der Waals surface area contributed by atoms with E-state index in [0.717, 1.165) is 5.56 Å². The van der Waals surface area contributed by atoms with Crippen molar-refractivity contribution in [2.75, 3.05) is 13.2 Å². The minimum absolute atomic E-state index is 0.0666. The first kappa shape index (κ1) is 19.8. The summed E-state index contributed by atoms with van der Waals surface area (Å²) in [7, 11) is 0. The van der Waals surface area contributed by atoms with E-state index in [4.69, 9.17) is 9.47 Å². The summed E-state index contributed by atoms with van der Waals surface area (Å²) < 4.78 is 24.2. The van der Waals surface area contributed by atoms with E-state index in [9.17, 15) is 14.0 Å². The van der Waals surface area contributed by atoms with Gasteiger partial charge in [-0.3, -0.25) is 9.69 Å². The molecule has 2 unspecified atom stereocenters. The number of hydrogen-bond acceptors (Lipinski definition) is 4. The van der Waals surface area contributed by atoms with Crippen LogP contribution in [0.25, 0.3) is 0 Å². The Kier molecular flexibility index (Phi) is 5.84. The summed E-state index contributed by atoms with van der Waals surface area (Å²) in [6.07, 6.45) is 1.94. The summed E-state index contributed by atoms with van der Waals surface area (Å²) in [4.78, 5) is 27.1. The van der Waals surface area contributed by atoms with Gasteiger partial charge in [0, 0.05) is 12.3 Å². The molecule has 1 aromatic carbocycles. The molecule has 5 nitrogen and oxygen atoms in total. The maximum atomic E-state index is 13.0. The normalized spacial score (nSPS) is 25.2. The molecular weight excluding hydrogens is 349 g/mol. The minimum Gasteiger partial charge on any atom is -0.444 e. The molecule has 6 heteroatoms. The first-order chi connectivity index (χ1) is 12.7. The summed E-state index contributed by atoms with van der Waals surface area (Å²) in [5.41, 5.74) is 0.410. The lowest BCUT2D eigenvalue weighted by atomic mass is 9.81. The molecule has 0 radical (unpaired) electrons. The van der Waals surface area contributed by atoms with Crippen molar-refractivity contribution in [3.8, 4) is 0 Å². The quantitative estimate of drug-likeness (QED) is 0.802. The van der Waals surface area contributed by atoms with Crippen LogP contribution in [0.5, 0.6) is 0 Å². The highest BCUT2D eigenvalue weighted by molar-refractivity contribution is 5.82. The van der Waals surface area contributed by atoms with Gasteiger partial charge >= 0.3 is 6.09 Å². The molecular formula is C21H28FNO4. The van der Waals surface area contributed by atoms with E-state index >= 15 is 0 Å². The van der Waals surface area contributed by atoms with Gasteiger partial charge in [-0.15, -0.1) is 0 Å². The molecule has 2 bridgehead atoms. The van der Waals surface area contributed by atoms with Crippen LogP contribution in [0.3, 0.4) is 0 Å². The van der Waals surface area contributed by atoms with Gasteiger partial charge in [0.25, 0.3) is 0 Å². The van der Waals surface area contributed by atoms with E-state index in [1.54, 1.807) is 17.0 Å².